The summed E-state index contributed by atoms with van der Waals surface area (Å²) in [6.45, 7) is 1.81. The van der Waals surface area contributed by atoms with E-state index in [2.05, 4.69) is 16.3 Å². The van der Waals surface area contributed by atoms with Crippen molar-refractivity contribution < 1.29 is 9.53 Å². The average Bonchev–Trinajstić information content (AvgIpc) is 3.10. The molecule has 24 heavy (non-hydrogen) atoms. The summed E-state index contributed by atoms with van der Waals surface area (Å²) in [5.41, 5.74) is 2.92. The van der Waals surface area contributed by atoms with Gasteiger partial charge in [0.1, 0.15) is 5.75 Å². The number of amides is 2. The van der Waals surface area contributed by atoms with Gasteiger partial charge in [-0.05, 0) is 49.2 Å². The van der Waals surface area contributed by atoms with Gasteiger partial charge in [0.05, 0.1) is 18.5 Å². The predicted octanol–water partition coefficient (Wildman–Crippen LogP) is 3.72. The Kier molecular flexibility index (Phi) is 3.76. The van der Waals surface area contributed by atoms with Crippen LogP contribution in [0.15, 0.2) is 48.5 Å². The van der Waals surface area contributed by atoms with Crippen molar-refractivity contribution in [1.82, 2.24) is 0 Å². The normalized spacial score (nSPS) is 18.8. The van der Waals surface area contributed by atoms with E-state index < -0.39 is 0 Å². The second-order valence-corrected chi connectivity index (χ2v) is 6.25. The van der Waals surface area contributed by atoms with E-state index in [0.29, 0.717) is 6.04 Å². The van der Waals surface area contributed by atoms with Crippen molar-refractivity contribution in [2.75, 3.05) is 35.3 Å². The molecule has 0 spiro atoms. The van der Waals surface area contributed by atoms with Crippen LogP contribution in [-0.2, 0) is 0 Å². The molecule has 1 saturated heterocycles. The van der Waals surface area contributed by atoms with Crippen molar-refractivity contribution in [2.45, 2.75) is 18.9 Å². The topological polar surface area (TPSA) is 44.8 Å². The molecule has 1 N–H and O–H groups in total. The molecule has 2 amide bonds. The van der Waals surface area contributed by atoms with Crippen LogP contribution < -0.4 is 19.9 Å². The number of hydrogen-bond donors (Lipinski definition) is 1. The van der Waals surface area contributed by atoms with Crippen LogP contribution in [0.25, 0.3) is 0 Å². The highest BCUT2D eigenvalue weighted by Crippen LogP contribution is 2.39. The molecular weight excluding hydrogens is 302 g/mol. The lowest BCUT2D eigenvalue weighted by atomic mass is 10.1. The standard InChI is InChI=1S/C19H21N3O2/c1-24-16-10-8-14(9-11-16)20-19(23)22-13-15-5-4-12-21(15)17-6-2-3-7-18(17)22/h2-3,6-11,15H,4-5,12-13H2,1H3,(H,20,23)/t15-/m1/s1. The highest BCUT2D eigenvalue weighted by Gasteiger charge is 2.36. The van der Waals surface area contributed by atoms with Crippen LogP contribution in [0.5, 0.6) is 5.75 Å². The first-order chi connectivity index (χ1) is 11.8. The Labute approximate surface area is 141 Å². The molecule has 0 bridgehead atoms. The summed E-state index contributed by atoms with van der Waals surface area (Å²) in [4.78, 5) is 17.1. The highest BCUT2D eigenvalue weighted by molar-refractivity contribution is 6.04. The molecule has 2 aliphatic rings. The Hall–Kier alpha value is -2.69. The van der Waals surface area contributed by atoms with Crippen LogP contribution in [-0.4, -0.2) is 32.3 Å². The Morgan fingerprint density at radius 3 is 2.62 bits per heavy atom. The van der Waals surface area contributed by atoms with Crippen molar-refractivity contribution in [2.24, 2.45) is 0 Å². The number of methoxy groups -OCH3 is 1. The van der Waals surface area contributed by atoms with Gasteiger partial charge in [0.15, 0.2) is 0 Å². The smallest absolute Gasteiger partial charge is 0.326 e. The molecule has 1 fully saturated rings. The summed E-state index contributed by atoms with van der Waals surface area (Å²) in [5.74, 6) is 0.776. The summed E-state index contributed by atoms with van der Waals surface area (Å²) in [6, 6.07) is 15.9. The number of fused-ring (bicyclic) bond motifs is 3. The number of anilines is 3. The van der Waals surface area contributed by atoms with E-state index in [-0.39, 0.29) is 6.03 Å². The zero-order chi connectivity index (χ0) is 16.5. The highest BCUT2D eigenvalue weighted by atomic mass is 16.5. The maximum Gasteiger partial charge on any atom is 0.326 e. The number of urea groups is 1. The SMILES string of the molecule is COc1ccc(NC(=O)N2C[C@H]3CCCN3c3ccccc32)cc1. The number of nitrogens with zero attached hydrogens (tertiary/aromatic N) is 2. The molecule has 2 aromatic rings. The van der Waals surface area contributed by atoms with E-state index >= 15 is 0 Å². The van der Waals surface area contributed by atoms with E-state index in [9.17, 15) is 4.79 Å². The minimum atomic E-state index is -0.0841. The Bertz CT molecular complexity index is 745. The lowest BCUT2D eigenvalue weighted by molar-refractivity contribution is 0.256. The van der Waals surface area contributed by atoms with Crippen LogP contribution in [0.1, 0.15) is 12.8 Å². The van der Waals surface area contributed by atoms with Crippen molar-refractivity contribution in [3.8, 4) is 5.75 Å². The maximum absolute atomic E-state index is 12.8. The maximum atomic E-state index is 12.8. The molecule has 2 heterocycles. The predicted molar refractivity (Wildman–Crippen MR) is 96.2 cm³/mol. The summed E-state index contributed by atoms with van der Waals surface area (Å²) in [5, 5.41) is 3.00. The minimum Gasteiger partial charge on any atom is -0.497 e. The van der Waals surface area contributed by atoms with Gasteiger partial charge in [-0.2, -0.15) is 0 Å². The number of nitrogens with one attached hydrogen (secondary N) is 1. The first-order valence-corrected chi connectivity index (χ1v) is 8.34. The molecule has 0 radical (unpaired) electrons. The Balaban J connectivity index is 1.58. The van der Waals surface area contributed by atoms with Crippen molar-refractivity contribution in [3.63, 3.8) is 0 Å². The fourth-order valence-electron chi connectivity index (χ4n) is 3.64. The zero-order valence-electron chi connectivity index (χ0n) is 13.7. The number of benzene rings is 2. The van der Waals surface area contributed by atoms with Crippen molar-refractivity contribution in [1.29, 1.82) is 0 Å². The molecule has 5 nitrogen and oxygen atoms in total. The van der Waals surface area contributed by atoms with Gasteiger partial charge in [0.2, 0.25) is 0 Å². The number of hydrogen-bond acceptors (Lipinski definition) is 3. The fraction of sp³-hybridized carbons (Fsp3) is 0.316. The number of carbonyl (C=O) groups is 1. The lowest BCUT2D eigenvalue weighted by Gasteiger charge is -2.40. The largest absolute Gasteiger partial charge is 0.497 e. The quantitative estimate of drug-likeness (QED) is 0.916. The molecule has 2 aliphatic heterocycles. The first kappa shape index (κ1) is 14.9. The molecule has 124 valence electrons. The fourth-order valence-corrected chi connectivity index (χ4v) is 3.64. The van der Waals surface area contributed by atoms with Crippen LogP contribution in [0.4, 0.5) is 21.9 Å². The number of carbonyl (C=O) groups excluding carboxylic acids is 1. The van der Waals surface area contributed by atoms with E-state index in [1.807, 2.05) is 47.4 Å². The molecule has 5 heteroatoms. The lowest BCUT2D eigenvalue weighted by Crippen LogP contribution is -2.49. The van der Waals surface area contributed by atoms with Crippen molar-refractivity contribution in [3.05, 3.63) is 48.5 Å². The first-order valence-electron chi connectivity index (χ1n) is 8.34. The molecule has 0 aliphatic carbocycles. The molecule has 2 aromatic carbocycles. The van der Waals surface area contributed by atoms with Gasteiger partial charge in [-0.15, -0.1) is 0 Å². The zero-order valence-corrected chi connectivity index (χ0v) is 13.7. The van der Waals surface area contributed by atoms with E-state index in [1.165, 1.54) is 6.42 Å². The average molecular weight is 323 g/mol. The molecule has 0 unspecified atom stereocenters. The van der Waals surface area contributed by atoms with Gasteiger partial charge in [0.25, 0.3) is 0 Å². The molecular formula is C19H21N3O2. The van der Waals surface area contributed by atoms with Crippen LogP contribution in [0.3, 0.4) is 0 Å². The molecule has 0 aromatic heterocycles. The van der Waals surface area contributed by atoms with Gasteiger partial charge in [-0.3, -0.25) is 4.90 Å². The summed E-state index contributed by atoms with van der Waals surface area (Å²) < 4.78 is 5.16. The number of ether oxygens (including phenoxy) is 1. The minimum absolute atomic E-state index is 0.0841. The van der Waals surface area contributed by atoms with E-state index in [4.69, 9.17) is 4.74 Å². The third-order valence-electron chi connectivity index (χ3n) is 4.84. The van der Waals surface area contributed by atoms with Gasteiger partial charge in [0, 0.05) is 24.8 Å². The second kappa shape index (κ2) is 6.07. The van der Waals surface area contributed by atoms with Gasteiger partial charge in [-0.25, -0.2) is 4.79 Å². The molecule has 4 rings (SSSR count). The summed E-state index contributed by atoms with van der Waals surface area (Å²) in [7, 11) is 1.63. The Morgan fingerprint density at radius 1 is 1.12 bits per heavy atom. The molecule has 1 atom stereocenters. The van der Waals surface area contributed by atoms with Gasteiger partial charge in [-0.1, -0.05) is 12.1 Å². The molecule has 0 saturated carbocycles. The summed E-state index contributed by atoms with van der Waals surface area (Å²) >= 11 is 0. The van der Waals surface area contributed by atoms with Gasteiger partial charge >= 0.3 is 6.03 Å². The van der Waals surface area contributed by atoms with Crippen LogP contribution >= 0.6 is 0 Å². The van der Waals surface area contributed by atoms with Crippen molar-refractivity contribution >= 4 is 23.1 Å². The monoisotopic (exact) mass is 323 g/mol. The van der Waals surface area contributed by atoms with E-state index in [1.54, 1.807) is 7.11 Å². The van der Waals surface area contributed by atoms with Crippen LogP contribution in [0, 0.1) is 0 Å². The third kappa shape index (κ3) is 2.56. The number of rotatable bonds is 2. The Morgan fingerprint density at radius 2 is 1.88 bits per heavy atom. The van der Waals surface area contributed by atoms with Crippen LogP contribution in [0.2, 0.25) is 0 Å². The summed E-state index contributed by atoms with van der Waals surface area (Å²) in [6.07, 6.45) is 2.33. The third-order valence-corrected chi connectivity index (χ3v) is 4.84. The van der Waals surface area contributed by atoms with E-state index in [0.717, 1.165) is 42.3 Å². The number of para-hydroxylation sites is 2. The second-order valence-electron chi connectivity index (χ2n) is 6.25. The van der Waals surface area contributed by atoms with Gasteiger partial charge < -0.3 is 15.0 Å².